The highest BCUT2D eigenvalue weighted by Gasteiger charge is 2.18. The van der Waals surface area contributed by atoms with Crippen LogP contribution in [0.1, 0.15) is 19.8 Å². The van der Waals surface area contributed by atoms with E-state index in [1.54, 1.807) is 0 Å². The molecule has 2 N–H and O–H groups in total. The highest BCUT2D eigenvalue weighted by atomic mass is 35.5. The number of anilines is 1. The van der Waals surface area contributed by atoms with E-state index in [0.717, 1.165) is 6.42 Å². The van der Waals surface area contributed by atoms with Gasteiger partial charge in [0.15, 0.2) is 5.82 Å². The fraction of sp³-hybridized carbons (Fsp3) is 0.500. The molecule has 1 rings (SSSR count). The third kappa shape index (κ3) is 3.74. The Morgan fingerprint density at radius 1 is 1.71 bits per heavy atom. The van der Waals surface area contributed by atoms with Gasteiger partial charge in [-0.05, 0) is 6.42 Å². The third-order valence-corrected chi connectivity index (χ3v) is 2.37. The number of ether oxygens (including phenoxy) is 1. The van der Waals surface area contributed by atoms with Crippen LogP contribution in [0.25, 0.3) is 0 Å². The Kier molecular flexibility index (Phi) is 4.96. The maximum atomic E-state index is 11.0. The molecule has 1 heterocycles. The number of carboxylic acids is 1. The second kappa shape index (κ2) is 6.24. The van der Waals surface area contributed by atoms with Crippen molar-refractivity contribution in [3.8, 4) is 6.01 Å². The van der Waals surface area contributed by atoms with Gasteiger partial charge in [0, 0.05) is 0 Å². The summed E-state index contributed by atoms with van der Waals surface area (Å²) in [5, 5.41) is 12.0. The summed E-state index contributed by atoms with van der Waals surface area (Å²) < 4.78 is 4.84. The molecule has 6 nitrogen and oxygen atoms in total. The van der Waals surface area contributed by atoms with E-state index in [9.17, 15) is 4.79 Å². The number of nitrogens with one attached hydrogen (secondary N) is 1. The molecule has 1 atom stereocenters. The molecule has 0 aliphatic rings. The average molecular weight is 260 g/mol. The predicted octanol–water partition coefficient (Wildman–Crippen LogP) is 1.80. The topological polar surface area (TPSA) is 84.3 Å². The van der Waals surface area contributed by atoms with Gasteiger partial charge in [-0.3, -0.25) is 0 Å². The van der Waals surface area contributed by atoms with E-state index in [0.29, 0.717) is 6.42 Å². The Morgan fingerprint density at radius 2 is 2.41 bits per heavy atom. The fourth-order valence-electron chi connectivity index (χ4n) is 1.26. The molecule has 0 aliphatic heterocycles. The first kappa shape index (κ1) is 13.5. The Labute approximate surface area is 104 Å². The molecule has 94 valence electrons. The van der Waals surface area contributed by atoms with Gasteiger partial charge in [-0.1, -0.05) is 24.9 Å². The lowest BCUT2D eigenvalue weighted by molar-refractivity contribution is -0.138. The van der Waals surface area contributed by atoms with Crippen molar-refractivity contribution < 1.29 is 14.6 Å². The molecule has 0 saturated heterocycles. The molecular weight excluding hydrogens is 246 g/mol. The molecule has 1 unspecified atom stereocenters. The average Bonchev–Trinajstić information content (AvgIpc) is 2.31. The second-order valence-electron chi connectivity index (χ2n) is 3.38. The molecule has 0 bridgehead atoms. The summed E-state index contributed by atoms with van der Waals surface area (Å²) in [7, 11) is 1.42. The molecule has 0 spiro atoms. The van der Waals surface area contributed by atoms with Crippen molar-refractivity contribution in [2.45, 2.75) is 25.8 Å². The fourth-order valence-corrected chi connectivity index (χ4v) is 1.41. The predicted molar refractivity (Wildman–Crippen MR) is 63.5 cm³/mol. The summed E-state index contributed by atoms with van der Waals surface area (Å²) in [6.45, 7) is 1.90. The van der Waals surface area contributed by atoms with Crippen LogP contribution >= 0.6 is 11.6 Å². The van der Waals surface area contributed by atoms with Crippen molar-refractivity contribution in [1.29, 1.82) is 0 Å². The third-order valence-electron chi connectivity index (χ3n) is 2.09. The first-order valence-electron chi connectivity index (χ1n) is 5.14. The Morgan fingerprint density at radius 3 is 2.94 bits per heavy atom. The highest BCUT2D eigenvalue weighted by Crippen LogP contribution is 2.21. The highest BCUT2D eigenvalue weighted by molar-refractivity contribution is 6.32. The van der Waals surface area contributed by atoms with Crippen LogP contribution in [0.15, 0.2) is 6.20 Å². The summed E-state index contributed by atoms with van der Waals surface area (Å²) in [4.78, 5) is 18.7. The van der Waals surface area contributed by atoms with Crippen molar-refractivity contribution in [2.75, 3.05) is 12.4 Å². The van der Waals surface area contributed by atoms with Crippen LogP contribution in [0.3, 0.4) is 0 Å². The van der Waals surface area contributed by atoms with Gasteiger partial charge in [0.25, 0.3) is 0 Å². The lowest BCUT2D eigenvalue weighted by Crippen LogP contribution is -2.29. The van der Waals surface area contributed by atoms with E-state index in [2.05, 4.69) is 15.3 Å². The standard InChI is InChI=1S/C10H14ClN3O3/c1-3-4-7(9(15)16)13-8-6(11)5-12-10(14-8)17-2/h5,7H,3-4H2,1-2H3,(H,15,16)(H,12,13,14). The number of methoxy groups -OCH3 is 1. The molecule has 0 amide bonds. The summed E-state index contributed by atoms with van der Waals surface area (Å²) in [6, 6.07) is -0.588. The number of carboxylic acid groups (broad SMARTS) is 1. The molecule has 17 heavy (non-hydrogen) atoms. The smallest absolute Gasteiger partial charge is 0.326 e. The van der Waals surface area contributed by atoms with Crippen LogP contribution in [0, 0.1) is 0 Å². The lowest BCUT2D eigenvalue weighted by atomic mass is 10.2. The molecule has 0 fully saturated rings. The van der Waals surface area contributed by atoms with Crippen molar-refractivity contribution in [3.05, 3.63) is 11.2 Å². The minimum absolute atomic E-state index is 0.137. The molecular formula is C10H14ClN3O3. The second-order valence-corrected chi connectivity index (χ2v) is 3.78. The molecule has 0 radical (unpaired) electrons. The molecule has 7 heteroatoms. The number of aromatic nitrogens is 2. The zero-order chi connectivity index (χ0) is 12.8. The quantitative estimate of drug-likeness (QED) is 0.810. The summed E-state index contributed by atoms with van der Waals surface area (Å²) in [5.74, 6) is -0.681. The number of halogens is 1. The van der Waals surface area contributed by atoms with E-state index in [4.69, 9.17) is 21.4 Å². The van der Waals surface area contributed by atoms with Crippen LogP contribution in [-0.4, -0.2) is 34.2 Å². The van der Waals surface area contributed by atoms with Crippen molar-refractivity contribution in [3.63, 3.8) is 0 Å². The zero-order valence-corrected chi connectivity index (χ0v) is 10.4. The van der Waals surface area contributed by atoms with Crippen molar-refractivity contribution in [2.24, 2.45) is 0 Å². The van der Waals surface area contributed by atoms with Crippen LogP contribution in [0.5, 0.6) is 6.01 Å². The minimum atomic E-state index is -0.944. The van der Waals surface area contributed by atoms with Crippen molar-refractivity contribution >= 4 is 23.4 Å². The van der Waals surface area contributed by atoms with Crippen LogP contribution in [0.4, 0.5) is 5.82 Å². The van der Waals surface area contributed by atoms with Crippen LogP contribution in [-0.2, 0) is 4.79 Å². The number of hydrogen-bond donors (Lipinski definition) is 2. The number of rotatable bonds is 6. The summed E-state index contributed by atoms with van der Waals surface area (Å²) >= 11 is 5.87. The van der Waals surface area contributed by atoms with E-state index in [1.807, 2.05) is 6.92 Å². The summed E-state index contributed by atoms with van der Waals surface area (Å²) in [5.41, 5.74) is 0. The van der Waals surface area contributed by atoms with Gasteiger partial charge in [0.05, 0.1) is 13.3 Å². The normalized spacial score (nSPS) is 11.9. The monoisotopic (exact) mass is 259 g/mol. The zero-order valence-electron chi connectivity index (χ0n) is 9.61. The minimum Gasteiger partial charge on any atom is -0.480 e. The molecule has 1 aromatic heterocycles. The first-order valence-corrected chi connectivity index (χ1v) is 5.52. The molecule has 1 aromatic rings. The van der Waals surface area contributed by atoms with Crippen LogP contribution in [0.2, 0.25) is 5.02 Å². The number of carbonyl (C=O) groups is 1. The number of nitrogens with zero attached hydrogens (tertiary/aromatic N) is 2. The Bertz CT molecular complexity index is 400. The lowest BCUT2D eigenvalue weighted by Gasteiger charge is -2.15. The van der Waals surface area contributed by atoms with Gasteiger partial charge in [-0.25, -0.2) is 9.78 Å². The van der Waals surface area contributed by atoms with Crippen LogP contribution < -0.4 is 10.1 Å². The summed E-state index contributed by atoms with van der Waals surface area (Å²) in [6.07, 6.45) is 2.59. The van der Waals surface area contributed by atoms with Gasteiger partial charge in [0.2, 0.25) is 0 Å². The molecule has 0 aromatic carbocycles. The van der Waals surface area contributed by atoms with Gasteiger partial charge < -0.3 is 15.2 Å². The molecule has 0 saturated carbocycles. The van der Waals surface area contributed by atoms with Gasteiger partial charge in [-0.2, -0.15) is 4.98 Å². The Hall–Kier alpha value is -1.56. The van der Waals surface area contributed by atoms with Gasteiger partial charge >= 0.3 is 12.0 Å². The SMILES string of the molecule is CCCC(Nc1nc(OC)ncc1Cl)C(=O)O. The van der Waals surface area contributed by atoms with E-state index >= 15 is 0 Å². The molecule has 0 aliphatic carbocycles. The maximum absolute atomic E-state index is 11.0. The van der Waals surface area contributed by atoms with Crippen molar-refractivity contribution in [1.82, 2.24) is 9.97 Å². The Balaban J connectivity index is 2.87. The van der Waals surface area contributed by atoms with E-state index in [-0.39, 0.29) is 16.9 Å². The maximum Gasteiger partial charge on any atom is 0.326 e. The van der Waals surface area contributed by atoms with E-state index < -0.39 is 12.0 Å². The largest absolute Gasteiger partial charge is 0.480 e. The van der Waals surface area contributed by atoms with Gasteiger partial charge in [0.1, 0.15) is 11.1 Å². The number of aliphatic carboxylic acids is 1. The van der Waals surface area contributed by atoms with E-state index in [1.165, 1.54) is 13.3 Å². The number of hydrogen-bond acceptors (Lipinski definition) is 5. The first-order chi connectivity index (χ1) is 8.08. The van der Waals surface area contributed by atoms with Gasteiger partial charge in [-0.15, -0.1) is 0 Å².